The highest BCUT2D eigenvalue weighted by molar-refractivity contribution is 6.20. The number of para-hydroxylation sites is 4. The lowest BCUT2D eigenvalue weighted by Gasteiger charge is -2.15. The lowest BCUT2D eigenvalue weighted by Crippen LogP contribution is -1.97. The fraction of sp³-hybridized carbons (Fsp3) is 0. The molecule has 0 aliphatic carbocycles. The number of benzene rings is 9. The van der Waals surface area contributed by atoms with Gasteiger partial charge in [0.1, 0.15) is 5.58 Å². The number of fused-ring (bicyclic) bond motifs is 9. The number of aromatic nitrogens is 2. The zero-order chi connectivity index (χ0) is 37.5. The number of rotatable bonds is 5. The van der Waals surface area contributed by atoms with Gasteiger partial charge in [0.05, 0.1) is 33.4 Å². The van der Waals surface area contributed by atoms with Gasteiger partial charge in [0, 0.05) is 37.9 Å². The molecule has 0 N–H and O–H groups in total. The summed E-state index contributed by atoms with van der Waals surface area (Å²) in [4.78, 5) is 0. The molecule has 12 rings (SSSR count). The minimum absolute atomic E-state index is 0.883. The van der Waals surface area contributed by atoms with Crippen LogP contribution < -0.4 is 0 Å². The predicted molar refractivity (Wildman–Crippen MR) is 239 cm³/mol. The van der Waals surface area contributed by atoms with Crippen molar-refractivity contribution in [3.8, 4) is 44.8 Å². The summed E-state index contributed by atoms with van der Waals surface area (Å²) in [5.41, 5.74) is 15.7. The maximum Gasteiger partial charge on any atom is 0.160 e. The van der Waals surface area contributed by atoms with Gasteiger partial charge < -0.3 is 13.6 Å². The van der Waals surface area contributed by atoms with Crippen molar-refractivity contribution in [2.75, 3.05) is 0 Å². The molecular weight excluding hydrogens is 693 g/mol. The summed E-state index contributed by atoms with van der Waals surface area (Å²) in [5, 5.41) is 7.14. The lowest BCUT2D eigenvalue weighted by atomic mass is 9.98. The van der Waals surface area contributed by atoms with E-state index >= 15 is 0 Å². The normalized spacial score (nSPS) is 11.9. The highest BCUT2D eigenvalue weighted by atomic mass is 16.3. The molecule has 0 unspecified atom stereocenters. The molecule has 0 amide bonds. The van der Waals surface area contributed by atoms with Gasteiger partial charge in [0.2, 0.25) is 0 Å². The first-order valence-electron chi connectivity index (χ1n) is 19.5. The molecule has 0 fully saturated rings. The third kappa shape index (κ3) is 4.73. The fourth-order valence-electron chi connectivity index (χ4n) is 9.30. The standard InChI is InChI=1S/C54H34N2O/c1-3-16-35(17-4-1)38-20-7-11-25-45(38)55-46-26-12-8-21-41(46)42-31-30-37(34-50(42)55)39-24-15-28-48-52(39)43-22-9-13-27-47(43)56(48)49-33-32-40(36-18-5-2-6-19-36)53-44-23-10-14-29-51(44)57-54(49)53/h1-34H. The van der Waals surface area contributed by atoms with Crippen molar-refractivity contribution >= 4 is 65.6 Å². The molecule has 0 spiro atoms. The maximum atomic E-state index is 6.83. The van der Waals surface area contributed by atoms with Crippen LogP contribution in [0.25, 0.3) is 110 Å². The van der Waals surface area contributed by atoms with Gasteiger partial charge in [0.15, 0.2) is 5.58 Å². The highest BCUT2D eigenvalue weighted by Crippen LogP contribution is 2.45. The van der Waals surface area contributed by atoms with Crippen LogP contribution in [0, 0.1) is 0 Å². The molecule has 0 radical (unpaired) electrons. The van der Waals surface area contributed by atoms with Crippen LogP contribution in [0.3, 0.4) is 0 Å². The van der Waals surface area contributed by atoms with Crippen LogP contribution in [0.2, 0.25) is 0 Å². The third-order valence-electron chi connectivity index (χ3n) is 11.7. The van der Waals surface area contributed by atoms with Gasteiger partial charge in [-0.05, 0) is 70.3 Å². The summed E-state index contributed by atoms with van der Waals surface area (Å²) < 4.78 is 11.7. The first-order valence-corrected chi connectivity index (χ1v) is 19.5. The molecule has 0 bridgehead atoms. The molecule has 3 heterocycles. The van der Waals surface area contributed by atoms with E-state index in [1.165, 1.54) is 66.0 Å². The van der Waals surface area contributed by atoms with E-state index < -0.39 is 0 Å². The van der Waals surface area contributed by atoms with Crippen molar-refractivity contribution in [1.82, 2.24) is 9.13 Å². The molecule has 0 atom stereocenters. The molecule has 9 aromatic carbocycles. The van der Waals surface area contributed by atoms with E-state index in [4.69, 9.17) is 4.42 Å². The molecule has 3 aromatic heterocycles. The van der Waals surface area contributed by atoms with E-state index in [1.807, 2.05) is 0 Å². The van der Waals surface area contributed by atoms with Crippen molar-refractivity contribution in [3.05, 3.63) is 206 Å². The van der Waals surface area contributed by atoms with Crippen molar-refractivity contribution in [3.63, 3.8) is 0 Å². The number of hydrogen-bond acceptors (Lipinski definition) is 1. The summed E-state index contributed by atoms with van der Waals surface area (Å²) in [7, 11) is 0. The van der Waals surface area contributed by atoms with Gasteiger partial charge in [-0.25, -0.2) is 0 Å². The zero-order valence-electron chi connectivity index (χ0n) is 30.9. The van der Waals surface area contributed by atoms with Crippen molar-refractivity contribution in [2.24, 2.45) is 0 Å². The van der Waals surface area contributed by atoms with E-state index in [0.717, 1.165) is 44.3 Å². The van der Waals surface area contributed by atoms with Gasteiger partial charge >= 0.3 is 0 Å². The van der Waals surface area contributed by atoms with Gasteiger partial charge in [-0.15, -0.1) is 0 Å². The van der Waals surface area contributed by atoms with Gasteiger partial charge in [-0.2, -0.15) is 0 Å². The van der Waals surface area contributed by atoms with E-state index in [-0.39, 0.29) is 0 Å². The maximum absolute atomic E-state index is 6.83. The van der Waals surface area contributed by atoms with Crippen molar-refractivity contribution < 1.29 is 4.42 Å². The average molecular weight is 727 g/mol. The van der Waals surface area contributed by atoms with Gasteiger partial charge in [-0.1, -0.05) is 164 Å². The Morgan fingerprint density at radius 3 is 1.67 bits per heavy atom. The summed E-state index contributed by atoms with van der Waals surface area (Å²) in [6.45, 7) is 0. The summed E-state index contributed by atoms with van der Waals surface area (Å²) in [5.74, 6) is 0. The van der Waals surface area contributed by atoms with Crippen molar-refractivity contribution in [2.45, 2.75) is 0 Å². The van der Waals surface area contributed by atoms with E-state index in [2.05, 4.69) is 215 Å². The van der Waals surface area contributed by atoms with E-state index in [9.17, 15) is 0 Å². The van der Waals surface area contributed by atoms with Gasteiger partial charge in [0.25, 0.3) is 0 Å². The molecule has 3 nitrogen and oxygen atoms in total. The molecule has 3 heteroatoms. The Hall–Kier alpha value is -7.62. The lowest BCUT2D eigenvalue weighted by molar-refractivity contribution is 0.666. The van der Waals surface area contributed by atoms with Crippen LogP contribution >= 0.6 is 0 Å². The number of furan rings is 1. The average Bonchev–Trinajstić information content (AvgIpc) is 3.95. The quantitative estimate of drug-likeness (QED) is 0.173. The predicted octanol–water partition coefficient (Wildman–Crippen LogP) is 14.8. The molecule has 0 aliphatic heterocycles. The zero-order valence-corrected chi connectivity index (χ0v) is 30.9. The smallest absolute Gasteiger partial charge is 0.160 e. The Balaban J connectivity index is 1.13. The number of nitrogens with zero attached hydrogens (tertiary/aromatic N) is 2. The second-order valence-electron chi connectivity index (χ2n) is 14.8. The summed E-state index contributed by atoms with van der Waals surface area (Å²) >= 11 is 0. The summed E-state index contributed by atoms with van der Waals surface area (Å²) in [6.07, 6.45) is 0. The second kappa shape index (κ2) is 12.5. The Kier molecular flexibility index (Phi) is 6.93. The fourth-order valence-corrected chi connectivity index (χ4v) is 9.30. The largest absolute Gasteiger partial charge is 0.454 e. The Labute approximate surface area is 328 Å². The minimum Gasteiger partial charge on any atom is -0.454 e. The monoisotopic (exact) mass is 726 g/mol. The number of hydrogen-bond donors (Lipinski definition) is 0. The molecule has 266 valence electrons. The first kappa shape index (κ1) is 31.7. The van der Waals surface area contributed by atoms with Crippen LogP contribution in [0.15, 0.2) is 211 Å². The van der Waals surface area contributed by atoms with Crippen LogP contribution in [0.5, 0.6) is 0 Å². The topological polar surface area (TPSA) is 23.0 Å². The Bertz CT molecular complexity index is 3510. The van der Waals surface area contributed by atoms with Crippen LogP contribution in [0.1, 0.15) is 0 Å². The van der Waals surface area contributed by atoms with Crippen LogP contribution in [-0.4, -0.2) is 9.13 Å². The van der Waals surface area contributed by atoms with Crippen LogP contribution in [0.4, 0.5) is 0 Å². The molecular formula is C54H34N2O. The van der Waals surface area contributed by atoms with E-state index in [0.29, 0.717) is 0 Å². The summed E-state index contributed by atoms with van der Waals surface area (Å²) in [6, 6.07) is 74.3. The van der Waals surface area contributed by atoms with E-state index in [1.54, 1.807) is 0 Å². The third-order valence-corrected chi connectivity index (χ3v) is 11.7. The molecule has 0 saturated carbocycles. The Morgan fingerprint density at radius 1 is 0.298 bits per heavy atom. The molecule has 0 saturated heterocycles. The molecule has 12 aromatic rings. The Morgan fingerprint density at radius 2 is 0.860 bits per heavy atom. The molecule has 57 heavy (non-hydrogen) atoms. The minimum atomic E-state index is 0.883. The second-order valence-corrected chi connectivity index (χ2v) is 14.8. The highest BCUT2D eigenvalue weighted by Gasteiger charge is 2.23. The first-order chi connectivity index (χ1) is 28.3. The molecule has 0 aliphatic rings. The van der Waals surface area contributed by atoms with Crippen LogP contribution in [-0.2, 0) is 0 Å². The van der Waals surface area contributed by atoms with Gasteiger partial charge in [-0.3, -0.25) is 0 Å². The SMILES string of the molecule is c1ccc(-c2ccccc2-n2c3ccccc3c3ccc(-c4cccc5c4c4ccccc4n5-c4ccc(-c5ccccc5)c5c4oc4ccccc45)cc32)cc1. The van der Waals surface area contributed by atoms with Crippen molar-refractivity contribution in [1.29, 1.82) is 0 Å².